The molecule has 0 radical (unpaired) electrons. The second-order valence-corrected chi connectivity index (χ2v) is 28.7. The maximum absolute atomic E-state index is 6.02. The molecule has 0 heterocycles. The van der Waals surface area contributed by atoms with Crippen LogP contribution in [0.15, 0.2) is 121 Å². The van der Waals surface area contributed by atoms with Crippen molar-refractivity contribution in [3.63, 3.8) is 0 Å². The summed E-state index contributed by atoms with van der Waals surface area (Å²) in [5, 5.41) is 0. The number of methoxy groups -OCH3 is 2. The first-order valence-electron chi connectivity index (χ1n) is 43.8. The number of ether oxygens (including phenoxy) is 20. The number of hydrogen-bond acceptors (Lipinski definition) is 20. The number of para-hydroxylation sites is 2. The summed E-state index contributed by atoms with van der Waals surface area (Å²) in [6.07, 6.45) is 3.68. The van der Waals surface area contributed by atoms with Crippen LogP contribution >= 0.6 is 0 Å². The van der Waals surface area contributed by atoms with Crippen LogP contribution in [0.5, 0.6) is 57.5 Å². The van der Waals surface area contributed by atoms with Crippen molar-refractivity contribution < 1.29 is 94.7 Å². The Kier molecular flexibility index (Phi) is 58.9. The minimum absolute atomic E-state index is 0.183. The Morgan fingerprint density at radius 3 is 0.949 bits per heavy atom. The zero-order valence-corrected chi connectivity index (χ0v) is 78.8. The van der Waals surface area contributed by atoms with Gasteiger partial charge in [0.25, 0.3) is 0 Å². The van der Waals surface area contributed by atoms with E-state index in [0.29, 0.717) is 94.1 Å². The lowest BCUT2D eigenvalue weighted by molar-refractivity contribution is -0.0770. The third kappa shape index (κ3) is 42.9. The molecule has 20 nitrogen and oxygen atoms in total. The molecule has 0 aromatic heterocycles. The van der Waals surface area contributed by atoms with Gasteiger partial charge in [-0.1, -0.05) is 138 Å². The average molecular weight is 1660 g/mol. The zero-order chi connectivity index (χ0) is 88.7. The van der Waals surface area contributed by atoms with Gasteiger partial charge in [0, 0.05) is 89.8 Å². The number of hydrogen-bond donors (Lipinski definition) is 0. The molecule has 6 aromatic rings. The topological polar surface area (TPSA) is 185 Å². The Morgan fingerprint density at radius 1 is 0.212 bits per heavy atom. The quantitative estimate of drug-likeness (QED) is 0.0328. The largest absolute Gasteiger partial charge is 0.465 e. The molecule has 0 N–H and O–H groups in total. The first kappa shape index (κ1) is 109. The molecule has 20 heteroatoms. The van der Waals surface area contributed by atoms with Crippen LogP contribution in [0.1, 0.15) is 315 Å². The molecule has 0 saturated heterocycles. The van der Waals surface area contributed by atoms with Gasteiger partial charge >= 0.3 is 0 Å². The lowest BCUT2D eigenvalue weighted by atomic mass is 9.96. The normalized spacial score (nSPS) is 15.1. The van der Waals surface area contributed by atoms with E-state index in [0.717, 1.165) is 107 Å². The van der Waals surface area contributed by atoms with Crippen molar-refractivity contribution in [3.05, 3.63) is 155 Å². The van der Waals surface area contributed by atoms with Crippen molar-refractivity contribution in [2.75, 3.05) is 67.1 Å². The summed E-state index contributed by atoms with van der Waals surface area (Å²) in [5.41, 5.74) is 7.08. The van der Waals surface area contributed by atoms with Crippen LogP contribution in [-0.4, -0.2) is 130 Å². The minimum atomic E-state index is -0.319. The number of benzene rings is 6. The average Bonchev–Trinajstić information content (AvgIpc) is 0.836. The van der Waals surface area contributed by atoms with E-state index in [9.17, 15) is 0 Å². The maximum Gasteiger partial charge on any atom is 0.197 e. The molecule has 118 heavy (non-hydrogen) atoms. The molecule has 0 aliphatic carbocycles. The molecule has 16 atom stereocenters. The fourth-order valence-corrected chi connectivity index (χ4v) is 11.8. The van der Waals surface area contributed by atoms with E-state index in [4.69, 9.17) is 94.7 Å². The van der Waals surface area contributed by atoms with Gasteiger partial charge in [0.15, 0.2) is 74.4 Å². The molecular formula is C98H160O20. The first-order chi connectivity index (χ1) is 56.4. The highest BCUT2D eigenvalue weighted by Gasteiger charge is 2.24. The molecule has 0 amide bonds. The lowest BCUT2D eigenvalue weighted by Gasteiger charge is -2.24. The maximum atomic E-state index is 6.02. The van der Waals surface area contributed by atoms with E-state index in [1.165, 1.54) is 16.7 Å². The van der Waals surface area contributed by atoms with E-state index in [2.05, 4.69) is 113 Å². The minimum Gasteiger partial charge on any atom is -0.465 e. The highest BCUT2D eigenvalue weighted by atomic mass is 16.7. The zero-order valence-electron chi connectivity index (χ0n) is 78.8. The smallest absolute Gasteiger partial charge is 0.197 e. The molecule has 0 spiro atoms. The Bertz CT molecular complexity index is 3470. The Hall–Kier alpha value is -7.08. The molecular weight excluding hydrogens is 1500 g/mol. The van der Waals surface area contributed by atoms with Crippen LogP contribution in [0.3, 0.4) is 0 Å². The van der Waals surface area contributed by atoms with Crippen LogP contribution in [0.25, 0.3) is 0 Å². The molecule has 0 fully saturated rings. The van der Waals surface area contributed by atoms with Gasteiger partial charge in [-0.25, -0.2) is 0 Å². The van der Waals surface area contributed by atoms with Gasteiger partial charge in [0.1, 0.15) is 46.0 Å². The summed E-state index contributed by atoms with van der Waals surface area (Å²) in [7, 11) is 3.28. The van der Waals surface area contributed by atoms with Gasteiger partial charge in [-0.15, -0.1) is 0 Å². The van der Waals surface area contributed by atoms with Crippen LogP contribution in [-0.2, 0) is 47.4 Å². The first-order valence-corrected chi connectivity index (χ1v) is 43.8. The molecule has 0 aliphatic rings. The third-order valence-electron chi connectivity index (χ3n) is 19.5. The molecule has 0 bridgehead atoms. The highest BCUT2D eigenvalue weighted by Crippen LogP contribution is 2.41. The number of rotatable bonds is 50. The van der Waals surface area contributed by atoms with Crippen molar-refractivity contribution in [3.8, 4) is 57.5 Å². The van der Waals surface area contributed by atoms with Crippen LogP contribution < -0.4 is 47.4 Å². The SMILES string of the molecule is CCC(C)c1ccccc1OC(C)OC.CCOC(C)Oc1ccc(C(C)CC)c(OC(C)OCC)c1.CCOC(C)Oc1ccc(OC(C)OCC)c(C(C)CC)c1.CCOC(C)Oc1cccc(C(C)CC)c1.CCOC(C)Oc1cccc(C(C)CC)c1OC(C)OCC.CCOC(C)Oc1cccc(OC(C)OC)c1C(C)CC. The monoisotopic (exact) mass is 1660 g/mol. The van der Waals surface area contributed by atoms with Gasteiger partial charge in [-0.3, -0.25) is 0 Å². The van der Waals surface area contributed by atoms with E-state index >= 15 is 0 Å². The predicted octanol–water partition coefficient (Wildman–Crippen LogP) is 26.0. The van der Waals surface area contributed by atoms with E-state index in [1.54, 1.807) is 14.2 Å². The van der Waals surface area contributed by atoms with E-state index in [-0.39, 0.29) is 62.9 Å². The Labute approximate surface area is 715 Å². The summed E-state index contributed by atoms with van der Waals surface area (Å²) in [6, 6.07) is 40.1. The van der Waals surface area contributed by atoms with Crippen molar-refractivity contribution in [1.29, 1.82) is 0 Å². The summed E-state index contributed by atoms with van der Waals surface area (Å²) < 4.78 is 112. The summed E-state index contributed by atoms with van der Waals surface area (Å²) in [6.45, 7) is 65.8. The molecule has 16 unspecified atom stereocenters. The lowest BCUT2D eigenvalue weighted by Crippen LogP contribution is -2.20. The van der Waals surface area contributed by atoms with Gasteiger partial charge in [0.05, 0.1) is 0 Å². The van der Waals surface area contributed by atoms with Crippen molar-refractivity contribution in [2.24, 2.45) is 0 Å². The van der Waals surface area contributed by atoms with Gasteiger partial charge in [-0.05, 0) is 276 Å². The summed E-state index contributed by atoms with van der Waals surface area (Å²) in [4.78, 5) is 0. The van der Waals surface area contributed by atoms with E-state index < -0.39 is 0 Å². The third-order valence-corrected chi connectivity index (χ3v) is 19.5. The second kappa shape index (κ2) is 63.8. The van der Waals surface area contributed by atoms with Crippen molar-refractivity contribution in [1.82, 2.24) is 0 Å². The molecule has 672 valence electrons. The fraction of sp³-hybridized carbons (Fsp3) is 0.633. The molecule has 0 aliphatic heterocycles. The van der Waals surface area contributed by atoms with Gasteiger partial charge in [-0.2, -0.15) is 0 Å². The van der Waals surface area contributed by atoms with Crippen molar-refractivity contribution >= 4 is 0 Å². The van der Waals surface area contributed by atoms with Crippen LogP contribution in [0, 0.1) is 0 Å². The highest BCUT2D eigenvalue weighted by molar-refractivity contribution is 5.49. The van der Waals surface area contributed by atoms with Crippen LogP contribution in [0.4, 0.5) is 0 Å². The standard InChI is InChI=1S/3C18H30O4.C17H28O4.C14H22O2.C13H20O2/c1-7-13(4)17-12-16(21-14(5)19-8-2)10-11-18(17)22-15(6)20-9-3;1-7-13(4)17-11-10-16(21-14(5)19-8-2)12-18(17)22-15(6)20-9-3;1-7-13(4)16-11-10-12-17(21-14(5)19-8-2)18(16)22-15(6)20-9-3;1-7-12(3)17-15(20-13(4)18-6)10-9-11-16(17)21-14(5)19-8-2;1-5-11(3)13-8-7-9-14(10-13)16-12(4)15-6-2;1-5-10(2)12-8-6-7-9-13(12)15-11(3)14-4/h3*10-15H,7-9H2,1-6H3;9-14H,7-8H2,1-6H3;7-12H,5-6H2,1-4H3;6-11H,5H2,1-4H3. The van der Waals surface area contributed by atoms with Crippen molar-refractivity contribution in [2.45, 2.75) is 345 Å². The van der Waals surface area contributed by atoms with E-state index in [1.807, 2.05) is 216 Å². The van der Waals surface area contributed by atoms with Gasteiger partial charge in [0.2, 0.25) is 0 Å². The summed E-state index contributed by atoms with van der Waals surface area (Å²) in [5.74, 6) is 10.7. The summed E-state index contributed by atoms with van der Waals surface area (Å²) >= 11 is 0. The predicted molar refractivity (Wildman–Crippen MR) is 479 cm³/mol. The molecule has 0 saturated carbocycles. The fourth-order valence-electron chi connectivity index (χ4n) is 11.8. The van der Waals surface area contributed by atoms with Crippen LogP contribution in [0.2, 0.25) is 0 Å². The Morgan fingerprint density at radius 2 is 0.508 bits per heavy atom. The molecule has 6 rings (SSSR count). The van der Waals surface area contributed by atoms with Gasteiger partial charge < -0.3 is 94.7 Å². The Balaban J connectivity index is 0.000000712. The second-order valence-electron chi connectivity index (χ2n) is 28.7. The molecule has 6 aromatic carbocycles.